The fourth-order valence-corrected chi connectivity index (χ4v) is 7.94. The van der Waals surface area contributed by atoms with Gasteiger partial charge in [0, 0.05) is 0 Å². The van der Waals surface area contributed by atoms with E-state index in [2.05, 4.69) is 27.7 Å². The van der Waals surface area contributed by atoms with Gasteiger partial charge in [-0.15, -0.1) is 0 Å². The molecule has 2 atom stereocenters. The molecule has 0 heterocycles. The second-order valence-corrected chi connectivity index (χ2v) is 19.7. The van der Waals surface area contributed by atoms with Crippen LogP contribution < -0.4 is 15.0 Å². The number of hydrogen-bond acceptors (Lipinski definition) is 9. The first-order valence-corrected chi connectivity index (χ1v) is 21.9. The van der Waals surface area contributed by atoms with Crippen LogP contribution in [0.15, 0.2) is 58.3 Å². The minimum Gasteiger partial charge on any atom is -0.508 e. The molecule has 0 bridgehead atoms. The lowest BCUT2D eigenvalue weighted by Gasteiger charge is -2.17. The van der Waals surface area contributed by atoms with Crippen LogP contribution in [0.4, 0.5) is 0 Å². The summed E-state index contributed by atoms with van der Waals surface area (Å²) in [4.78, 5) is 0.110. The monoisotopic (exact) mass is 746 g/mol. The average molecular weight is 747 g/mol. The summed E-state index contributed by atoms with van der Waals surface area (Å²) in [5.41, 5.74) is 1.06. The molecule has 14 heteroatoms. The topological polar surface area (TPSA) is 193 Å². The van der Waals surface area contributed by atoms with Crippen LogP contribution in [-0.2, 0) is 34.3 Å². The first-order chi connectivity index (χ1) is 22.5. The van der Waals surface area contributed by atoms with Gasteiger partial charge in [-0.1, -0.05) is 47.0 Å². The first kappa shape index (κ1) is 42.9. The number of rotatable bonds is 14. The lowest BCUT2D eigenvalue weighted by atomic mass is 9.89. The standard InChI is InChI=1S/C17H27NO3S.C12H24O3S.C6H7NO3S/c1-17(2)11-10-14(13-17)5-3-4-12-21-15-6-8-16(9-7-15)22(18,19)20;1-12(2)8-7-11(10-12)6-4-5-9-15-16(3,13)14;7-11(9,10)6-3-1-5(8)2-4-6/h6-9,14H,3-5,10-13H2,1-2H3,(H2,18,19,20);11H,4-10H2,1-3H3;1-4,8H,(H2,7,9,10). The molecular weight excluding hydrogens is 689 g/mol. The maximum Gasteiger partial charge on any atom is 0.264 e. The summed E-state index contributed by atoms with van der Waals surface area (Å²) in [6.07, 6.45) is 15.8. The molecule has 49 heavy (non-hydrogen) atoms. The Bertz CT molecular complexity index is 1610. The van der Waals surface area contributed by atoms with Crippen molar-refractivity contribution in [1.82, 2.24) is 0 Å². The van der Waals surface area contributed by atoms with E-state index in [-0.39, 0.29) is 15.5 Å². The molecule has 2 fully saturated rings. The number of nitrogens with two attached hydrogens (primary N) is 2. The Morgan fingerprint density at radius 1 is 0.673 bits per heavy atom. The van der Waals surface area contributed by atoms with Gasteiger partial charge in [0.05, 0.1) is 29.3 Å². The van der Waals surface area contributed by atoms with Gasteiger partial charge in [-0.3, -0.25) is 4.18 Å². The summed E-state index contributed by atoms with van der Waals surface area (Å²) >= 11 is 0. The van der Waals surface area contributed by atoms with E-state index in [1.807, 2.05) is 0 Å². The van der Waals surface area contributed by atoms with Crippen molar-refractivity contribution in [3.63, 3.8) is 0 Å². The third-order valence-corrected chi connectivity index (χ3v) is 11.5. The van der Waals surface area contributed by atoms with Crippen molar-refractivity contribution < 1.29 is 39.3 Å². The zero-order chi connectivity index (χ0) is 36.9. The largest absolute Gasteiger partial charge is 0.508 e. The molecule has 2 aliphatic rings. The highest BCUT2D eigenvalue weighted by atomic mass is 32.2. The molecule has 2 aromatic carbocycles. The van der Waals surface area contributed by atoms with E-state index in [1.54, 1.807) is 12.1 Å². The van der Waals surface area contributed by atoms with Crippen molar-refractivity contribution in [3.05, 3.63) is 48.5 Å². The molecule has 280 valence electrons. The molecule has 11 nitrogen and oxygen atoms in total. The maximum absolute atomic E-state index is 11.2. The highest BCUT2D eigenvalue weighted by molar-refractivity contribution is 7.89. The van der Waals surface area contributed by atoms with Crippen LogP contribution in [-0.4, -0.2) is 49.8 Å². The number of ether oxygens (including phenoxy) is 1. The zero-order valence-corrected chi connectivity index (χ0v) is 32.2. The third-order valence-electron chi connectivity index (χ3n) is 9.04. The lowest BCUT2D eigenvalue weighted by Crippen LogP contribution is -2.11. The maximum atomic E-state index is 11.2. The fraction of sp³-hybridized carbons (Fsp3) is 0.657. The predicted molar refractivity (Wildman–Crippen MR) is 194 cm³/mol. The van der Waals surface area contributed by atoms with Gasteiger partial charge in [-0.05, 0) is 129 Å². The molecule has 0 aliphatic heterocycles. The van der Waals surface area contributed by atoms with Crippen molar-refractivity contribution in [2.45, 2.75) is 115 Å². The van der Waals surface area contributed by atoms with Crippen LogP contribution >= 0.6 is 0 Å². The van der Waals surface area contributed by atoms with Gasteiger partial charge in [0.25, 0.3) is 10.1 Å². The van der Waals surface area contributed by atoms with E-state index in [1.165, 1.54) is 94.2 Å². The van der Waals surface area contributed by atoms with Crippen LogP contribution in [0.5, 0.6) is 11.5 Å². The molecular formula is C35H58N2O9S3. The Morgan fingerprint density at radius 3 is 1.45 bits per heavy atom. The Balaban J connectivity index is 0.000000271. The number of phenolic OH excluding ortho intramolecular Hbond substituents is 1. The minimum absolute atomic E-state index is 0.00435. The molecule has 0 amide bonds. The second kappa shape index (κ2) is 18.8. The van der Waals surface area contributed by atoms with Crippen LogP contribution in [0.25, 0.3) is 0 Å². The van der Waals surface area contributed by atoms with Gasteiger partial charge in [0.2, 0.25) is 20.0 Å². The normalized spacial score (nSPS) is 20.1. The Kier molecular flexibility index (Phi) is 16.5. The number of sulfonamides is 2. The van der Waals surface area contributed by atoms with E-state index >= 15 is 0 Å². The van der Waals surface area contributed by atoms with Gasteiger partial charge < -0.3 is 9.84 Å². The Morgan fingerprint density at radius 2 is 1.08 bits per heavy atom. The number of phenols is 1. The third kappa shape index (κ3) is 18.5. The van der Waals surface area contributed by atoms with Gasteiger partial charge in [-0.2, -0.15) is 8.42 Å². The molecule has 5 N–H and O–H groups in total. The Labute approximate surface area is 295 Å². The van der Waals surface area contributed by atoms with E-state index < -0.39 is 30.2 Å². The molecule has 2 saturated carbocycles. The molecule has 0 spiro atoms. The number of hydrogen-bond donors (Lipinski definition) is 3. The Hall–Kier alpha value is -2.23. The highest BCUT2D eigenvalue weighted by Crippen LogP contribution is 2.43. The SMILES string of the molecule is CC1(C)CCC(CCCCOS(C)(=O)=O)C1.CC1(C)CCC(CCCCOc2ccc(S(N)(=O)=O)cc2)C1.NS(=O)(=O)c1ccc(O)cc1. The van der Waals surface area contributed by atoms with E-state index in [0.29, 0.717) is 29.8 Å². The molecule has 0 aromatic heterocycles. The minimum atomic E-state index is -3.63. The van der Waals surface area contributed by atoms with E-state index in [4.69, 9.17) is 24.3 Å². The van der Waals surface area contributed by atoms with Crippen molar-refractivity contribution in [2.24, 2.45) is 32.9 Å². The van der Waals surface area contributed by atoms with Crippen molar-refractivity contribution >= 4 is 30.2 Å². The first-order valence-electron chi connectivity index (χ1n) is 17.0. The second-order valence-electron chi connectivity index (χ2n) is 15.0. The predicted octanol–water partition coefficient (Wildman–Crippen LogP) is 6.71. The van der Waals surface area contributed by atoms with Crippen molar-refractivity contribution in [3.8, 4) is 11.5 Å². The number of primary sulfonamides is 2. The summed E-state index contributed by atoms with van der Waals surface area (Å²) in [5, 5.41) is 18.6. The smallest absolute Gasteiger partial charge is 0.264 e. The molecule has 0 saturated heterocycles. The molecule has 2 aliphatic carbocycles. The lowest BCUT2D eigenvalue weighted by molar-refractivity contribution is 0.295. The number of aromatic hydroxyl groups is 1. The molecule has 2 aromatic rings. The summed E-state index contributed by atoms with van der Waals surface area (Å²) in [6.45, 7) is 10.4. The number of benzene rings is 2. The van der Waals surface area contributed by atoms with Gasteiger partial charge in [-0.25, -0.2) is 27.1 Å². The van der Waals surface area contributed by atoms with Crippen LogP contribution in [0.1, 0.15) is 105 Å². The summed E-state index contributed by atoms with van der Waals surface area (Å²) in [6, 6.07) is 11.3. The average Bonchev–Trinajstić information content (AvgIpc) is 3.51. The van der Waals surface area contributed by atoms with Gasteiger partial charge in [0.15, 0.2) is 0 Å². The molecule has 4 rings (SSSR count). The van der Waals surface area contributed by atoms with Crippen LogP contribution in [0.2, 0.25) is 0 Å². The zero-order valence-electron chi connectivity index (χ0n) is 29.8. The fourth-order valence-electron chi connectivity index (χ4n) is 6.49. The highest BCUT2D eigenvalue weighted by Gasteiger charge is 2.31. The summed E-state index contributed by atoms with van der Waals surface area (Å²) in [7, 11) is -10.5. The van der Waals surface area contributed by atoms with E-state index in [9.17, 15) is 25.3 Å². The summed E-state index contributed by atoms with van der Waals surface area (Å²) in [5.74, 6) is 2.42. The van der Waals surface area contributed by atoms with Crippen molar-refractivity contribution in [2.75, 3.05) is 19.5 Å². The van der Waals surface area contributed by atoms with Crippen LogP contribution in [0.3, 0.4) is 0 Å². The molecule has 2 unspecified atom stereocenters. The van der Waals surface area contributed by atoms with Gasteiger partial charge >= 0.3 is 0 Å². The van der Waals surface area contributed by atoms with Crippen LogP contribution in [0, 0.1) is 22.7 Å². The quantitative estimate of drug-likeness (QED) is 0.139. The summed E-state index contributed by atoms with van der Waals surface area (Å²) < 4.78 is 75.4. The van der Waals surface area contributed by atoms with E-state index in [0.717, 1.165) is 37.4 Å². The van der Waals surface area contributed by atoms with Gasteiger partial charge in [0.1, 0.15) is 11.5 Å². The molecule has 0 radical (unpaired) electrons. The van der Waals surface area contributed by atoms with Crippen molar-refractivity contribution in [1.29, 1.82) is 0 Å². The number of unbranched alkanes of at least 4 members (excludes halogenated alkanes) is 2.